The predicted molar refractivity (Wildman–Crippen MR) is 82.0 cm³/mol. The standard InChI is InChI=1S/C15H33N3O/c1-5-18(6-2)9-7-8-17-15(19)11-14(12-16)10-13(3)4/h13-14H,5-12,16H2,1-4H3,(H,17,19). The summed E-state index contributed by atoms with van der Waals surface area (Å²) in [6.45, 7) is 13.3. The lowest BCUT2D eigenvalue weighted by atomic mass is 9.94. The number of hydrogen-bond acceptors (Lipinski definition) is 3. The zero-order valence-electron chi connectivity index (χ0n) is 13.2. The van der Waals surface area contributed by atoms with Crippen molar-refractivity contribution in [3.05, 3.63) is 0 Å². The van der Waals surface area contributed by atoms with Gasteiger partial charge in [-0.2, -0.15) is 0 Å². The molecule has 1 unspecified atom stereocenters. The molecule has 0 aromatic heterocycles. The third-order valence-corrected chi connectivity index (χ3v) is 3.48. The van der Waals surface area contributed by atoms with Crippen LogP contribution >= 0.6 is 0 Å². The Morgan fingerprint density at radius 1 is 1.26 bits per heavy atom. The highest BCUT2D eigenvalue weighted by atomic mass is 16.1. The van der Waals surface area contributed by atoms with Crippen LogP contribution in [0.3, 0.4) is 0 Å². The molecule has 0 saturated carbocycles. The van der Waals surface area contributed by atoms with Gasteiger partial charge in [0.2, 0.25) is 5.91 Å². The van der Waals surface area contributed by atoms with Gasteiger partial charge >= 0.3 is 0 Å². The van der Waals surface area contributed by atoms with Gasteiger partial charge in [0.15, 0.2) is 0 Å². The van der Waals surface area contributed by atoms with Gasteiger partial charge in [0.05, 0.1) is 0 Å². The summed E-state index contributed by atoms with van der Waals surface area (Å²) in [4.78, 5) is 14.2. The number of rotatable bonds is 11. The Bertz CT molecular complexity index is 227. The minimum absolute atomic E-state index is 0.149. The van der Waals surface area contributed by atoms with Crippen molar-refractivity contribution in [2.75, 3.05) is 32.7 Å². The Morgan fingerprint density at radius 2 is 1.89 bits per heavy atom. The molecule has 0 spiro atoms. The van der Waals surface area contributed by atoms with E-state index in [2.05, 4.69) is 37.9 Å². The van der Waals surface area contributed by atoms with Crippen LogP contribution in [0.5, 0.6) is 0 Å². The number of hydrogen-bond donors (Lipinski definition) is 2. The number of carbonyl (C=O) groups excluding carboxylic acids is 1. The summed E-state index contributed by atoms with van der Waals surface area (Å²) in [6, 6.07) is 0. The first-order chi connectivity index (χ1) is 9.03. The zero-order chi connectivity index (χ0) is 14.7. The van der Waals surface area contributed by atoms with Crippen LogP contribution in [0.25, 0.3) is 0 Å². The molecular weight excluding hydrogens is 238 g/mol. The molecule has 0 aliphatic rings. The van der Waals surface area contributed by atoms with Crippen molar-refractivity contribution >= 4 is 5.91 Å². The van der Waals surface area contributed by atoms with Gasteiger partial charge in [0.25, 0.3) is 0 Å². The summed E-state index contributed by atoms with van der Waals surface area (Å²) < 4.78 is 0. The van der Waals surface area contributed by atoms with Gasteiger partial charge in [-0.15, -0.1) is 0 Å². The molecule has 0 heterocycles. The Balaban J connectivity index is 3.73. The van der Waals surface area contributed by atoms with Crippen LogP contribution in [0, 0.1) is 11.8 Å². The lowest BCUT2D eigenvalue weighted by molar-refractivity contribution is -0.122. The van der Waals surface area contributed by atoms with E-state index in [9.17, 15) is 4.79 Å². The van der Waals surface area contributed by atoms with E-state index in [1.165, 1.54) is 0 Å². The van der Waals surface area contributed by atoms with Crippen LogP contribution < -0.4 is 11.1 Å². The topological polar surface area (TPSA) is 58.4 Å². The lowest BCUT2D eigenvalue weighted by Gasteiger charge is -2.19. The van der Waals surface area contributed by atoms with E-state index in [1.54, 1.807) is 0 Å². The van der Waals surface area contributed by atoms with E-state index in [0.29, 0.717) is 24.8 Å². The molecule has 19 heavy (non-hydrogen) atoms. The molecule has 0 rings (SSSR count). The van der Waals surface area contributed by atoms with Crippen LogP contribution in [-0.4, -0.2) is 43.5 Å². The number of nitrogens with one attached hydrogen (secondary N) is 1. The van der Waals surface area contributed by atoms with Gasteiger partial charge in [-0.25, -0.2) is 0 Å². The molecule has 0 aromatic rings. The highest BCUT2D eigenvalue weighted by molar-refractivity contribution is 5.76. The maximum Gasteiger partial charge on any atom is 0.220 e. The monoisotopic (exact) mass is 271 g/mol. The van der Waals surface area contributed by atoms with Crippen LogP contribution in [0.2, 0.25) is 0 Å². The van der Waals surface area contributed by atoms with Crippen LogP contribution in [0.4, 0.5) is 0 Å². The minimum atomic E-state index is 0.149. The number of amides is 1. The quantitative estimate of drug-likeness (QED) is 0.564. The fraction of sp³-hybridized carbons (Fsp3) is 0.933. The van der Waals surface area contributed by atoms with E-state index >= 15 is 0 Å². The molecule has 0 aromatic carbocycles. The summed E-state index contributed by atoms with van der Waals surface area (Å²) in [5.41, 5.74) is 5.71. The van der Waals surface area contributed by atoms with Crippen molar-refractivity contribution in [1.29, 1.82) is 0 Å². The van der Waals surface area contributed by atoms with Crippen molar-refractivity contribution in [3.8, 4) is 0 Å². The Morgan fingerprint density at radius 3 is 2.37 bits per heavy atom. The molecule has 0 aliphatic carbocycles. The number of nitrogens with zero attached hydrogens (tertiary/aromatic N) is 1. The molecule has 0 bridgehead atoms. The zero-order valence-corrected chi connectivity index (χ0v) is 13.2. The molecule has 0 fully saturated rings. The smallest absolute Gasteiger partial charge is 0.220 e. The summed E-state index contributed by atoms with van der Waals surface area (Å²) in [7, 11) is 0. The highest BCUT2D eigenvalue weighted by Gasteiger charge is 2.13. The Hall–Kier alpha value is -0.610. The van der Waals surface area contributed by atoms with E-state index < -0.39 is 0 Å². The molecule has 4 heteroatoms. The SMILES string of the molecule is CCN(CC)CCCNC(=O)CC(CN)CC(C)C. The van der Waals surface area contributed by atoms with Crippen molar-refractivity contribution in [3.63, 3.8) is 0 Å². The summed E-state index contributed by atoms with van der Waals surface area (Å²) >= 11 is 0. The second-order valence-corrected chi connectivity index (χ2v) is 5.67. The second-order valence-electron chi connectivity index (χ2n) is 5.67. The summed E-state index contributed by atoms with van der Waals surface area (Å²) in [5.74, 6) is 1.07. The minimum Gasteiger partial charge on any atom is -0.356 e. The molecule has 1 atom stereocenters. The molecule has 0 radical (unpaired) electrons. The van der Waals surface area contributed by atoms with Gasteiger partial charge < -0.3 is 16.0 Å². The third-order valence-electron chi connectivity index (χ3n) is 3.48. The maximum absolute atomic E-state index is 11.8. The van der Waals surface area contributed by atoms with Crippen LogP contribution in [-0.2, 0) is 4.79 Å². The van der Waals surface area contributed by atoms with Crippen molar-refractivity contribution in [1.82, 2.24) is 10.2 Å². The normalized spacial score (nSPS) is 13.0. The Labute approximate surface area is 119 Å². The first kappa shape index (κ1) is 18.4. The van der Waals surface area contributed by atoms with E-state index in [4.69, 9.17) is 5.73 Å². The predicted octanol–water partition coefficient (Wildman–Crippen LogP) is 1.85. The van der Waals surface area contributed by atoms with Crippen LogP contribution in [0.1, 0.15) is 47.0 Å². The fourth-order valence-electron chi connectivity index (χ4n) is 2.33. The van der Waals surface area contributed by atoms with E-state index in [0.717, 1.165) is 39.0 Å². The Kier molecular flexibility index (Phi) is 10.9. The molecule has 3 N–H and O–H groups in total. The lowest BCUT2D eigenvalue weighted by Crippen LogP contribution is -2.32. The summed E-state index contributed by atoms with van der Waals surface area (Å²) in [6.07, 6.45) is 2.62. The molecule has 1 amide bonds. The number of nitrogens with two attached hydrogens (primary N) is 1. The van der Waals surface area contributed by atoms with Gasteiger partial charge in [0, 0.05) is 13.0 Å². The molecule has 114 valence electrons. The van der Waals surface area contributed by atoms with Gasteiger partial charge in [-0.05, 0) is 50.9 Å². The number of carbonyl (C=O) groups is 1. The first-order valence-corrected chi connectivity index (χ1v) is 7.72. The highest BCUT2D eigenvalue weighted by Crippen LogP contribution is 2.13. The van der Waals surface area contributed by atoms with Crippen molar-refractivity contribution in [2.45, 2.75) is 47.0 Å². The first-order valence-electron chi connectivity index (χ1n) is 7.72. The van der Waals surface area contributed by atoms with Crippen molar-refractivity contribution in [2.24, 2.45) is 17.6 Å². The van der Waals surface area contributed by atoms with Crippen LogP contribution in [0.15, 0.2) is 0 Å². The van der Waals surface area contributed by atoms with Crippen molar-refractivity contribution < 1.29 is 4.79 Å². The van der Waals surface area contributed by atoms with E-state index in [-0.39, 0.29) is 5.91 Å². The maximum atomic E-state index is 11.8. The average molecular weight is 271 g/mol. The molecular formula is C15H33N3O. The second kappa shape index (κ2) is 11.2. The average Bonchev–Trinajstić information content (AvgIpc) is 2.37. The van der Waals surface area contributed by atoms with Gasteiger partial charge in [-0.1, -0.05) is 27.7 Å². The molecule has 0 saturated heterocycles. The van der Waals surface area contributed by atoms with Gasteiger partial charge in [0.1, 0.15) is 0 Å². The molecule has 0 aliphatic heterocycles. The molecule has 4 nitrogen and oxygen atoms in total. The fourth-order valence-corrected chi connectivity index (χ4v) is 2.33. The summed E-state index contributed by atoms with van der Waals surface area (Å²) in [5, 5.41) is 3.00. The van der Waals surface area contributed by atoms with Gasteiger partial charge in [-0.3, -0.25) is 4.79 Å². The largest absolute Gasteiger partial charge is 0.356 e. The van der Waals surface area contributed by atoms with E-state index in [1.807, 2.05) is 0 Å². The third kappa shape index (κ3) is 9.91.